The number of hydrogen-bond acceptors (Lipinski definition) is 6. The van der Waals surface area contributed by atoms with E-state index in [2.05, 4.69) is 15.4 Å². The number of nitrogens with one attached hydrogen (secondary N) is 2. The van der Waals surface area contributed by atoms with E-state index in [1.54, 1.807) is 0 Å². The highest BCUT2D eigenvalue weighted by molar-refractivity contribution is 6.30. The second-order valence-corrected chi connectivity index (χ2v) is 9.95. The fraction of sp³-hybridized carbons (Fsp3) is 0.440. The molecule has 0 radical (unpaired) electrons. The SMILES string of the molecule is O=C(COc1ccc(OC(F)(F)F)c(F)c1)NC12CCC(NC(=O)COc3ccc(Cl)c(F)c3)(CC1)[C@@H](O)C2. The van der Waals surface area contributed by atoms with Crippen molar-refractivity contribution in [3.63, 3.8) is 0 Å². The van der Waals surface area contributed by atoms with Crippen LogP contribution in [0.1, 0.15) is 32.1 Å². The molecule has 8 nitrogen and oxygen atoms in total. The number of alkyl halides is 3. The van der Waals surface area contributed by atoms with Gasteiger partial charge in [-0.2, -0.15) is 0 Å². The quantitative estimate of drug-likeness (QED) is 0.388. The van der Waals surface area contributed by atoms with Gasteiger partial charge in [-0.15, -0.1) is 13.2 Å². The summed E-state index contributed by atoms with van der Waals surface area (Å²) in [6.45, 7) is -0.945. The third-order valence-electron chi connectivity index (χ3n) is 6.87. The first-order valence-corrected chi connectivity index (χ1v) is 12.2. The zero-order chi connectivity index (χ0) is 28.4. The predicted octanol–water partition coefficient (Wildman–Crippen LogP) is 4.02. The molecule has 3 aliphatic rings. The fourth-order valence-electron chi connectivity index (χ4n) is 4.95. The Morgan fingerprint density at radius 1 is 0.923 bits per heavy atom. The molecule has 39 heavy (non-hydrogen) atoms. The molecule has 3 fully saturated rings. The van der Waals surface area contributed by atoms with Gasteiger partial charge in [-0.1, -0.05) is 11.6 Å². The van der Waals surface area contributed by atoms with E-state index in [0.29, 0.717) is 31.7 Å². The van der Waals surface area contributed by atoms with Crippen LogP contribution in [-0.2, 0) is 9.59 Å². The molecule has 0 saturated heterocycles. The summed E-state index contributed by atoms with van der Waals surface area (Å²) < 4.78 is 78.3. The van der Waals surface area contributed by atoms with Crippen LogP contribution < -0.4 is 24.8 Å². The summed E-state index contributed by atoms with van der Waals surface area (Å²) in [5.41, 5.74) is -1.66. The van der Waals surface area contributed by atoms with Crippen LogP contribution in [0.25, 0.3) is 0 Å². The van der Waals surface area contributed by atoms with Gasteiger partial charge in [-0.3, -0.25) is 9.59 Å². The Morgan fingerprint density at radius 2 is 1.49 bits per heavy atom. The number of halogens is 6. The molecule has 3 saturated carbocycles. The summed E-state index contributed by atoms with van der Waals surface area (Å²) in [7, 11) is 0. The van der Waals surface area contributed by atoms with Crippen molar-refractivity contribution in [1.82, 2.24) is 10.6 Å². The molecule has 0 aromatic heterocycles. The average Bonchev–Trinajstić information content (AvgIpc) is 2.85. The summed E-state index contributed by atoms with van der Waals surface area (Å²) in [6, 6.07) is 6.21. The summed E-state index contributed by atoms with van der Waals surface area (Å²) in [5, 5.41) is 16.4. The van der Waals surface area contributed by atoms with Gasteiger partial charge >= 0.3 is 6.36 Å². The molecule has 2 aromatic carbocycles. The monoisotopic (exact) mass is 578 g/mol. The van der Waals surface area contributed by atoms with Crippen LogP contribution in [0.2, 0.25) is 5.02 Å². The van der Waals surface area contributed by atoms with Crippen LogP contribution in [0.15, 0.2) is 36.4 Å². The van der Waals surface area contributed by atoms with Crippen LogP contribution >= 0.6 is 11.6 Å². The van der Waals surface area contributed by atoms with E-state index in [1.807, 2.05) is 0 Å². The smallest absolute Gasteiger partial charge is 0.484 e. The number of rotatable bonds is 9. The first-order valence-electron chi connectivity index (χ1n) is 11.8. The maximum Gasteiger partial charge on any atom is 0.573 e. The Balaban J connectivity index is 1.26. The lowest BCUT2D eigenvalue weighted by Crippen LogP contribution is -2.70. The summed E-state index contributed by atoms with van der Waals surface area (Å²) in [4.78, 5) is 25.0. The number of benzene rings is 2. The number of aliphatic hydroxyl groups is 1. The fourth-order valence-corrected chi connectivity index (χ4v) is 5.07. The molecule has 5 rings (SSSR count). The zero-order valence-electron chi connectivity index (χ0n) is 20.2. The normalized spacial score (nSPS) is 24.1. The minimum atomic E-state index is -5.06. The second-order valence-electron chi connectivity index (χ2n) is 9.55. The van der Waals surface area contributed by atoms with Crippen LogP contribution in [0.4, 0.5) is 22.0 Å². The van der Waals surface area contributed by atoms with Crippen molar-refractivity contribution in [3.8, 4) is 17.2 Å². The molecule has 1 atom stereocenters. The van der Waals surface area contributed by atoms with Gasteiger partial charge in [0.25, 0.3) is 11.8 Å². The molecule has 14 heteroatoms. The van der Waals surface area contributed by atoms with E-state index >= 15 is 0 Å². The van der Waals surface area contributed by atoms with E-state index in [9.17, 15) is 36.6 Å². The Kier molecular flexibility index (Phi) is 8.12. The van der Waals surface area contributed by atoms with Gasteiger partial charge in [0.1, 0.15) is 17.3 Å². The number of fused-ring (bicyclic) bond motifs is 3. The van der Waals surface area contributed by atoms with Gasteiger partial charge < -0.3 is 30.0 Å². The van der Waals surface area contributed by atoms with Crippen LogP contribution in [0.5, 0.6) is 17.2 Å². The molecule has 3 N–H and O–H groups in total. The maximum absolute atomic E-state index is 13.8. The first-order chi connectivity index (χ1) is 18.3. The van der Waals surface area contributed by atoms with Crippen molar-refractivity contribution in [3.05, 3.63) is 53.1 Å². The number of carbonyl (C=O) groups is 2. The Hall–Kier alpha value is -3.32. The van der Waals surface area contributed by atoms with Gasteiger partial charge in [0, 0.05) is 17.7 Å². The molecular formula is C25H24ClF5N2O6. The molecule has 0 unspecified atom stereocenters. The van der Waals surface area contributed by atoms with E-state index in [-0.39, 0.29) is 22.9 Å². The van der Waals surface area contributed by atoms with Crippen molar-refractivity contribution >= 4 is 23.4 Å². The lowest BCUT2D eigenvalue weighted by molar-refractivity contribution is -0.275. The van der Waals surface area contributed by atoms with Crippen LogP contribution in [0.3, 0.4) is 0 Å². The molecule has 2 amide bonds. The van der Waals surface area contributed by atoms with Crippen molar-refractivity contribution in [2.45, 2.75) is 55.6 Å². The summed E-state index contributed by atoms with van der Waals surface area (Å²) in [6.07, 6.45) is -4.27. The molecule has 0 spiro atoms. The molecule has 2 aromatic rings. The molecule has 0 heterocycles. The third-order valence-corrected chi connectivity index (χ3v) is 7.18. The lowest BCUT2D eigenvalue weighted by atomic mass is 9.60. The van der Waals surface area contributed by atoms with E-state index in [1.165, 1.54) is 12.1 Å². The molecular weight excluding hydrogens is 555 g/mol. The van der Waals surface area contributed by atoms with Gasteiger partial charge in [0.05, 0.1) is 16.7 Å². The Morgan fingerprint density at radius 3 is 2.03 bits per heavy atom. The topological polar surface area (TPSA) is 106 Å². The third kappa shape index (κ3) is 7.01. The average molecular weight is 579 g/mol. The number of ether oxygens (including phenoxy) is 3. The highest BCUT2D eigenvalue weighted by Crippen LogP contribution is 2.47. The molecule has 212 valence electrons. The van der Waals surface area contributed by atoms with Gasteiger partial charge in [0.15, 0.2) is 24.8 Å². The number of hydrogen-bond donors (Lipinski definition) is 3. The van der Waals surface area contributed by atoms with Crippen LogP contribution in [0, 0.1) is 11.6 Å². The minimum absolute atomic E-state index is 0.0807. The van der Waals surface area contributed by atoms with Crippen LogP contribution in [-0.4, -0.2) is 53.7 Å². The van der Waals surface area contributed by atoms with E-state index in [4.69, 9.17) is 21.1 Å². The Bertz CT molecular complexity index is 1240. The highest BCUT2D eigenvalue weighted by Gasteiger charge is 2.55. The van der Waals surface area contributed by atoms with E-state index in [0.717, 1.165) is 18.2 Å². The minimum Gasteiger partial charge on any atom is -0.484 e. The van der Waals surface area contributed by atoms with Crippen molar-refractivity contribution in [2.24, 2.45) is 0 Å². The standard InChI is InChI=1S/C25H24ClF5N2O6/c26-16-3-1-14(9-17(16)27)38-13-22(36)33-24-7-5-23(6-8-24,11-20(24)34)32-21(35)12-37-15-2-4-19(18(28)10-15)39-25(29,30)31/h1-4,9-10,20,34H,5-8,11-13H2,(H,32,35)(H,33,36)/t20-,23?,24?/m0/s1. The number of carbonyl (C=O) groups excluding carboxylic acids is 2. The molecule has 3 aliphatic carbocycles. The Labute approximate surface area is 224 Å². The largest absolute Gasteiger partial charge is 0.573 e. The highest BCUT2D eigenvalue weighted by atomic mass is 35.5. The number of amides is 2. The summed E-state index contributed by atoms with van der Waals surface area (Å²) in [5.74, 6) is -4.15. The molecule has 0 aliphatic heterocycles. The van der Waals surface area contributed by atoms with Gasteiger partial charge in [-0.25, -0.2) is 8.78 Å². The van der Waals surface area contributed by atoms with Gasteiger partial charge in [-0.05, 0) is 56.4 Å². The number of aliphatic hydroxyl groups excluding tert-OH is 1. The van der Waals surface area contributed by atoms with Crippen molar-refractivity contribution < 1.29 is 50.9 Å². The van der Waals surface area contributed by atoms with Gasteiger partial charge in [0.2, 0.25) is 0 Å². The first kappa shape index (κ1) is 28.7. The second kappa shape index (κ2) is 11.0. The lowest BCUT2D eigenvalue weighted by Gasteiger charge is -2.56. The van der Waals surface area contributed by atoms with E-state index < -0.39 is 66.0 Å². The molecule has 2 bridgehead atoms. The summed E-state index contributed by atoms with van der Waals surface area (Å²) >= 11 is 5.63. The van der Waals surface area contributed by atoms with Crippen molar-refractivity contribution in [2.75, 3.05) is 13.2 Å². The maximum atomic E-state index is 13.8. The van der Waals surface area contributed by atoms with Crippen molar-refractivity contribution in [1.29, 1.82) is 0 Å². The zero-order valence-corrected chi connectivity index (χ0v) is 21.0. The predicted molar refractivity (Wildman–Crippen MR) is 126 cm³/mol.